The molecule has 0 bridgehead atoms. The van der Waals surface area contributed by atoms with Gasteiger partial charge in [-0.15, -0.1) is 0 Å². The quantitative estimate of drug-likeness (QED) is 0.695. The highest BCUT2D eigenvalue weighted by molar-refractivity contribution is 5.84. The van der Waals surface area contributed by atoms with Gasteiger partial charge in [0.05, 0.1) is 6.61 Å². The second kappa shape index (κ2) is 10.7. The van der Waals surface area contributed by atoms with E-state index in [-0.39, 0.29) is 11.8 Å². The second-order valence-electron chi connectivity index (χ2n) is 6.74. The summed E-state index contributed by atoms with van der Waals surface area (Å²) in [7, 11) is 0. The summed E-state index contributed by atoms with van der Waals surface area (Å²) in [6, 6.07) is 7.07. The molecule has 2 N–H and O–H groups in total. The Morgan fingerprint density at radius 1 is 1.08 bits per heavy atom. The Labute approximate surface area is 155 Å². The Kier molecular flexibility index (Phi) is 8.25. The fraction of sp³-hybridized carbons (Fsp3) is 0.600. The smallest absolute Gasteiger partial charge is 0.279 e. The van der Waals surface area contributed by atoms with Gasteiger partial charge in [0.2, 0.25) is 5.91 Å². The molecule has 0 heterocycles. The predicted octanol–water partition coefficient (Wildman–Crippen LogP) is 3.36. The molecule has 1 saturated carbocycles. The molecule has 0 radical (unpaired) electrons. The molecule has 1 aromatic carbocycles. The standard InChI is InChI=1S/C20H30N2O4/c1-3-25-17-10-12-18(13-11-17)26-15(2)20(24)22-21-19(23)14-9-16-7-5-4-6-8-16/h10-13,15-16H,3-9,14H2,1-2H3,(H,21,23)(H,22,24). The van der Waals surface area contributed by atoms with Crippen molar-refractivity contribution in [1.29, 1.82) is 0 Å². The van der Waals surface area contributed by atoms with Crippen LogP contribution in [0.1, 0.15) is 58.8 Å². The summed E-state index contributed by atoms with van der Waals surface area (Å²) in [6.45, 7) is 4.15. The van der Waals surface area contributed by atoms with Crippen molar-refractivity contribution in [2.75, 3.05) is 6.61 Å². The van der Waals surface area contributed by atoms with Crippen molar-refractivity contribution in [3.8, 4) is 11.5 Å². The van der Waals surface area contributed by atoms with Crippen LogP contribution < -0.4 is 20.3 Å². The van der Waals surface area contributed by atoms with E-state index in [1.165, 1.54) is 32.1 Å². The van der Waals surface area contributed by atoms with Gasteiger partial charge in [-0.25, -0.2) is 0 Å². The third-order valence-corrected chi connectivity index (χ3v) is 4.65. The van der Waals surface area contributed by atoms with Gasteiger partial charge in [0.25, 0.3) is 5.91 Å². The molecule has 6 nitrogen and oxygen atoms in total. The molecule has 26 heavy (non-hydrogen) atoms. The molecule has 0 aromatic heterocycles. The molecule has 1 atom stereocenters. The Balaban J connectivity index is 1.66. The summed E-state index contributed by atoms with van der Waals surface area (Å²) in [5, 5.41) is 0. The number of hydrogen-bond donors (Lipinski definition) is 2. The van der Waals surface area contributed by atoms with Crippen LogP contribution in [0, 0.1) is 5.92 Å². The molecule has 2 amide bonds. The van der Waals surface area contributed by atoms with Crippen LogP contribution in [0.2, 0.25) is 0 Å². The summed E-state index contributed by atoms with van der Waals surface area (Å²) in [4.78, 5) is 23.9. The molecular weight excluding hydrogens is 332 g/mol. The maximum Gasteiger partial charge on any atom is 0.279 e. The van der Waals surface area contributed by atoms with Crippen LogP contribution in [0.5, 0.6) is 11.5 Å². The number of hydrogen-bond acceptors (Lipinski definition) is 4. The van der Waals surface area contributed by atoms with E-state index in [1.807, 2.05) is 6.92 Å². The number of carbonyl (C=O) groups excluding carboxylic acids is 2. The lowest BCUT2D eigenvalue weighted by molar-refractivity contribution is -0.132. The van der Waals surface area contributed by atoms with Crippen molar-refractivity contribution in [3.63, 3.8) is 0 Å². The lowest BCUT2D eigenvalue weighted by Crippen LogP contribution is -2.47. The maximum atomic E-state index is 12.1. The molecule has 1 fully saturated rings. The molecule has 144 valence electrons. The van der Waals surface area contributed by atoms with Crippen molar-refractivity contribution in [1.82, 2.24) is 10.9 Å². The van der Waals surface area contributed by atoms with Crippen LogP contribution in [0.15, 0.2) is 24.3 Å². The van der Waals surface area contributed by atoms with E-state index in [0.29, 0.717) is 24.7 Å². The third kappa shape index (κ3) is 6.94. The van der Waals surface area contributed by atoms with Crippen LogP contribution in [0.25, 0.3) is 0 Å². The molecule has 1 unspecified atom stereocenters. The van der Waals surface area contributed by atoms with Crippen LogP contribution in [-0.2, 0) is 9.59 Å². The highest BCUT2D eigenvalue weighted by Crippen LogP contribution is 2.27. The number of benzene rings is 1. The van der Waals surface area contributed by atoms with Gasteiger partial charge in [-0.2, -0.15) is 0 Å². The van der Waals surface area contributed by atoms with E-state index in [9.17, 15) is 9.59 Å². The van der Waals surface area contributed by atoms with Gasteiger partial charge in [-0.05, 0) is 50.5 Å². The second-order valence-corrected chi connectivity index (χ2v) is 6.74. The first-order valence-electron chi connectivity index (χ1n) is 9.56. The molecule has 1 aliphatic carbocycles. The van der Waals surface area contributed by atoms with Gasteiger partial charge >= 0.3 is 0 Å². The van der Waals surface area contributed by atoms with E-state index < -0.39 is 6.10 Å². The zero-order valence-corrected chi connectivity index (χ0v) is 15.8. The highest BCUT2D eigenvalue weighted by atomic mass is 16.5. The Bertz CT molecular complexity index is 568. The summed E-state index contributed by atoms with van der Waals surface area (Å²) in [5.41, 5.74) is 4.91. The van der Waals surface area contributed by atoms with E-state index in [2.05, 4.69) is 10.9 Å². The maximum absolute atomic E-state index is 12.1. The minimum atomic E-state index is -0.716. The lowest BCUT2D eigenvalue weighted by Gasteiger charge is -2.21. The fourth-order valence-corrected chi connectivity index (χ4v) is 3.15. The fourth-order valence-electron chi connectivity index (χ4n) is 3.15. The average molecular weight is 362 g/mol. The van der Waals surface area contributed by atoms with Gasteiger partial charge in [0, 0.05) is 6.42 Å². The van der Waals surface area contributed by atoms with Crippen molar-refractivity contribution in [2.24, 2.45) is 5.92 Å². The molecule has 2 rings (SSSR count). The van der Waals surface area contributed by atoms with E-state index in [0.717, 1.165) is 12.2 Å². The van der Waals surface area contributed by atoms with Crippen LogP contribution >= 0.6 is 0 Å². The Morgan fingerprint density at radius 2 is 1.73 bits per heavy atom. The van der Waals surface area contributed by atoms with Gasteiger partial charge in [0.1, 0.15) is 11.5 Å². The van der Waals surface area contributed by atoms with Crippen LogP contribution in [-0.4, -0.2) is 24.5 Å². The number of amides is 2. The summed E-state index contributed by atoms with van der Waals surface area (Å²) < 4.78 is 10.9. The molecule has 0 aliphatic heterocycles. The Morgan fingerprint density at radius 3 is 2.38 bits per heavy atom. The first kappa shape index (κ1) is 20.1. The van der Waals surface area contributed by atoms with E-state index in [4.69, 9.17) is 9.47 Å². The predicted molar refractivity (Wildman–Crippen MR) is 99.8 cm³/mol. The number of nitrogens with one attached hydrogen (secondary N) is 2. The summed E-state index contributed by atoms with van der Waals surface area (Å²) in [6.07, 6.45) is 6.89. The zero-order chi connectivity index (χ0) is 18.8. The monoisotopic (exact) mass is 362 g/mol. The number of ether oxygens (including phenoxy) is 2. The molecule has 6 heteroatoms. The first-order valence-corrected chi connectivity index (χ1v) is 9.56. The molecule has 1 aliphatic rings. The summed E-state index contributed by atoms with van der Waals surface area (Å²) >= 11 is 0. The minimum Gasteiger partial charge on any atom is -0.494 e. The first-order chi connectivity index (χ1) is 12.6. The zero-order valence-electron chi connectivity index (χ0n) is 15.8. The van der Waals surface area contributed by atoms with Crippen LogP contribution in [0.4, 0.5) is 0 Å². The van der Waals surface area contributed by atoms with E-state index >= 15 is 0 Å². The van der Waals surface area contributed by atoms with Crippen molar-refractivity contribution >= 4 is 11.8 Å². The molecular formula is C20H30N2O4. The van der Waals surface area contributed by atoms with Crippen molar-refractivity contribution in [3.05, 3.63) is 24.3 Å². The Hall–Kier alpha value is -2.24. The van der Waals surface area contributed by atoms with Crippen molar-refractivity contribution in [2.45, 2.75) is 64.9 Å². The molecule has 1 aromatic rings. The number of carbonyl (C=O) groups is 2. The van der Waals surface area contributed by atoms with E-state index in [1.54, 1.807) is 31.2 Å². The number of hydrazine groups is 1. The van der Waals surface area contributed by atoms with Gasteiger partial charge in [-0.1, -0.05) is 32.1 Å². The normalized spacial score (nSPS) is 15.8. The third-order valence-electron chi connectivity index (χ3n) is 4.65. The molecule has 0 spiro atoms. The largest absolute Gasteiger partial charge is 0.494 e. The average Bonchev–Trinajstić information content (AvgIpc) is 2.67. The molecule has 0 saturated heterocycles. The number of rotatable bonds is 8. The minimum absolute atomic E-state index is 0.155. The van der Waals surface area contributed by atoms with Gasteiger partial charge < -0.3 is 9.47 Å². The van der Waals surface area contributed by atoms with Gasteiger partial charge in [0.15, 0.2) is 6.10 Å². The van der Waals surface area contributed by atoms with Crippen LogP contribution in [0.3, 0.4) is 0 Å². The lowest BCUT2D eigenvalue weighted by atomic mass is 9.86. The van der Waals surface area contributed by atoms with Gasteiger partial charge in [-0.3, -0.25) is 20.4 Å². The highest BCUT2D eigenvalue weighted by Gasteiger charge is 2.17. The SMILES string of the molecule is CCOc1ccc(OC(C)C(=O)NNC(=O)CCC2CCCCC2)cc1. The topological polar surface area (TPSA) is 76.7 Å². The van der Waals surface area contributed by atoms with Crippen molar-refractivity contribution < 1.29 is 19.1 Å². The summed E-state index contributed by atoms with van der Waals surface area (Å²) in [5.74, 6) is 1.43.